The molecule has 0 heterocycles. The van der Waals surface area contributed by atoms with E-state index in [4.69, 9.17) is 0 Å². The van der Waals surface area contributed by atoms with Gasteiger partial charge in [0.05, 0.1) is 12.1 Å². The summed E-state index contributed by atoms with van der Waals surface area (Å²) in [5, 5.41) is 15.6. The zero-order chi connectivity index (χ0) is 12.8. The van der Waals surface area contributed by atoms with Crippen LogP contribution in [0.2, 0.25) is 0 Å². The van der Waals surface area contributed by atoms with Gasteiger partial charge in [-0.05, 0) is 44.6 Å². The molecule has 0 aromatic rings. The number of hydrogen-bond donors (Lipinski definition) is 3. The van der Waals surface area contributed by atoms with Gasteiger partial charge < -0.3 is 15.7 Å². The molecular formula is C13H26N2O2. The van der Waals surface area contributed by atoms with Crippen molar-refractivity contribution >= 4 is 5.91 Å². The van der Waals surface area contributed by atoms with Gasteiger partial charge in [0, 0.05) is 6.54 Å². The van der Waals surface area contributed by atoms with Crippen molar-refractivity contribution in [3.8, 4) is 0 Å². The molecule has 4 nitrogen and oxygen atoms in total. The van der Waals surface area contributed by atoms with E-state index < -0.39 is 0 Å². The van der Waals surface area contributed by atoms with E-state index in [1.165, 1.54) is 0 Å². The predicted octanol–water partition coefficient (Wildman–Crippen LogP) is 0.898. The Morgan fingerprint density at radius 3 is 2.59 bits per heavy atom. The van der Waals surface area contributed by atoms with E-state index in [1.54, 1.807) is 0 Å². The van der Waals surface area contributed by atoms with Crippen molar-refractivity contribution in [3.05, 3.63) is 0 Å². The SMILES string of the molecule is CC(C)CNC(=O)C(C)NCC1CCC(O)C1. The quantitative estimate of drug-likeness (QED) is 0.648. The van der Waals surface area contributed by atoms with Gasteiger partial charge in [-0.2, -0.15) is 0 Å². The summed E-state index contributed by atoms with van der Waals surface area (Å²) in [5.74, 6) is 1.07. The molecule has 4 heteroatoms. The Morgan fingerprint density at radius 2 is 2.06 bits per heavy atom. The molecule has 0 aromatic heterocycles. The molecule has 3 N–H and O–H groups in total. The van der Waals surface area contributed by atoms with Gasteiger partial charge in [-0.3, -0.25) is 4.79 Å². The average Bonchev–Trinajstić information content (AvgIpc) is 2.68. The second-order valence-electron chi connectivity index (χ2n) is 5.60. The van der Waals surface area contributed by atoms with E-state index in [9.17, 15) is 9.90 Å². The Kier molecular flexibility index (Phi) is 5.92. The highest BCUT2D eigenvalue weighted by molar-refractivity contribution is 5.81. The number of nitrogens with one attached hydrogen (secondary N) is 2. The van der Waals surface area contributed by atoms with Gasteiger partial charge in [0.2, 0.25) is 5.91 Å². The van der Waals surface area contributed by atoms with Gasteiger partial charge in [-0.1, -0.05) is 13.8 Å². The predicted molar refractivity (Wildman–Crippen MR) is 68.7 cm³/mol. The zero-order valence-corrected chi connectivity index (χ0v) is 11.2. The van der Waals surface area contributed by atoms with E-state index in [2.05, 4.69) is 24.5 Å². The van der Waals surface area contributed by atoms with Crippen molar-refractivity contribution in [2.45, 2.75) is 52.2 Å². The molecule has 0 spiro atoms. The average molecular weight is 242 g/mol. The molecule has 1 fully saturated rings. The van der Waals surface area contributed by atoms with Crippen LogP contribution >= 0.6 is 0 Å². The van der Waals surface area contributed by atoms with Gasteiger partial charge in [-0.25, -0.2) is 0 Å². The number of hydrogen-bond acceptors (Lipinski definition) is 3. The summed E-state index contributed by atoms with van der Waals surface area (Å²) in [6.45, 7) is 7.61. The summed E-state index contributed by atoms with van der Waals surface area (Å²) in [6, 6.07) is -0.147. The molecule has 1 rings (SSSR count). The molecule has 1 aliphatic carbocycles. The largest absolute Gasteiger partial charge is 0.393 e. The molecule has 100 valence electrons. The van der Waals surface area contributed by atoms with Crippen LogP contribution in [0.4, 0.5) is 0 Å². The first-order valence-corrected chi connectivity index (χ1v) is 6.68. The number of rotatable bonds is 6. The number of carbonyl (C=O) groups is 1. The van der Waals surface area contributed by atoms with Crippen LogP contribution in [0.1, 0.15) is 40.0 Å². The molecule has 0 saturated heterocycles. The van der Waals surface area contributed by atoms with E-state index >= 15 is 0 Å². The summed E-state index contributed by atoms with van der Waals surface area (Å²) >= 11 is 0. The Bertz CT molecular complexity index is 244. The minimum Gasteiger partial charge on any atom is -0.393 e. The summed E-state index contributed by atoms with van der Waals surface area (Å²) in [6.07, 6.45) is 2.70. The molecule has 0 aliphatic heterocycles. The summed E-state index contributed by atoms with van der Waals surface area (Å²) < 4.78 is 0. The lowest BCUT2D eigenvalue weighted by Gasteiger charge is -2.17. The molecule has 0 aromatic carbocycles. The smallest absolute Gasteiger partial charge is 0.236 e. The molecule has 3 unspecified atom stereocenters. The third-order valence-corrected chi connectivity index (χ3v) is 3.30. The van der Waals surface area contributed by atoms with Crippen molar-refractivity contribution < 1.29 is 9.90 Å². The van der Waals surface area contributed by atoms with Crippen LogP contribution in [0.3, 0.4) is 0 Å². The molecule has 0 radical (unpaired) electrons. The van der Waals surface area contributed by atoms with E-state index in [0.29, 0.717) is 11.8 Å². The molecular weight excluding hydrogens is 216 g/mol. The van der Waals surface area contributed by atoms with E-state index in [1.807, 2.05) is 6.92 Å². The van der Waals surface area contributed by atoms with E-state index in [-0.39, 0.29) is 18.1 Å². The van der Waals surface area contributed by atoms with Crippen molar-refractivity contribution in [1.29, 1.82) is 0 Å². The van der Waals surface area contributed by atoms with E-state index in [0.717, 1.165) is 32.4 Å². The van der Waals surface area contributed by atoms with Gasteiger partial charge >= 0.3 is 0 Å². The highest BCUT2D eigenvalue weighted by atomic mass is 16.3. The topological polar surface area (TPSA) is 61.4 Å². The lowest BCUT2D eigenvalue weighted by atomic mass is 10.1. The Labute approximate surface area is 104 Å². The minimum atomic E-state index is -0.147. The zero-order valence-electron chi connectivity index (χ0n) is 11.2. The lowest BCUT2D eigenvalue weighted by Crippen LogP contribution is -2.44. The molecule has 17 heavy (non-hydrogen) atoms. The second-order valence-corrected chi connectivity index (χ2v) is 5.60. The highest BCUT2D eigenvalue weighted by Gasteiger charge is 2.23. The van der Waals surface area contributed by atoms with Crippen LogP contribution in [0.15, 0.2) is 0 Å². The Balaban J connectivity index is 2.15. The first-order chi connectivity index (χ1) is 7.99. The van der Waals surface area contributed by atoms with Crippen molar-refractivity contribution in [2.75, 3.05) is 13.1 Å². The van der Waals surface area contributed by atoms with Crippen LogP contribution in [0.25, 0.3) is 0 Å². The lowest BCUT2D eigenvalue weighted by molar-refractivity contribution is -0.122. The minimum absolute atomic E-state index is 0.0669. The van der Waals surface area contributed by atoms with Gasteiger partial charge in [0.15, 0.2) is 0 Å². The van der Waals surface area contributed by atoms with Crippen LogP contribution < -0.4 is 10.6 Å². The van der Waals surface area contributed by atoms with Crippen molar-refractivity contribution in [1.82, 2.24) is 10.6 Å². The fourth-order valence-corrected chi connectivity index (χ4v) is 2.13. The van der Waals surface area contributed by atoms with Crippen LogP contribution in [0.5, 0.6) is 0 Å². The Morgan fingerprint density at radius 1 is 1.35 bits per heavy atom. The summed E-state index contributed by atoms with van der Waals surface area (Å²) in [7, 11) is 0. The number of amides is 1. The fraction of sp³-hybridized carbons (Fsp3) is 0.923. The fourth-order valence-electron chi connectivity index (χ4n) is 2.13. The highest BCUT2D eigenvalue weighted by Crippen LogP contribution is 2.24. The van der Waals surface area contributed by atoms with Crippen molar-refractivity contribution in [3.63, 3.8) is 0 Å². The molecule has 0 bridgehead atoms. The normalized spacial score (nSPS) is 26.2. The monoisotopic (exact) mass is 242 g/mol. The summed E-state index contributed by atoms with van der Waals surface area (Å²) in [4.78, 5) is 11.7. The number of aliphatic hydroxyl groups excluding tert-OH is 1. The molecule has 1 saturated carbocycles. The van der Waals surface area contributed by atoms with Gasteiger partial charge in [0.1, 0.15) is 0 Å². The maximum atomic E-state index is 11.7. The van der Waals surface area contributed by atoms with Crippen molar-refractivity contribution in [2.24, 2.45) is 11.8 Å². The maximum Gasteiger partial charge on any atom is 0.236 e. The first-order valence-electron chi connectivity index (χ1n) is 6.68. The van der Waals surface area contributed by atoms with Gasteiger partial charge in [0.25, 0.3) is 0 Å². The van der Waals surface area contributed by atoms with Crippen LogP contribution in [0, 0.1) is 11.8 Å². The van der Waals surface area contributed by atoms with Gasteiger partial charge in [-0.15, -0.1) is 0 Å². The standard InChI is InChI=1S/C13H26N2O2/c1-9(2)7-15-13(17)10(3)14-8-11-4-5-12(16)6-11/h9-12,14,16H,4-8H2,1-3H3,(H,15,17). The molecule has 1 amide bonds. The third-order valence-electron chi connectivity index (χ3n) is 3.30. The molecule has 1 aliphatic rings. The third kappa shape index (κ3) is 5.50. The first kappa shape index (κ1) is 14.5. The summed E-state index contributed by atoms with van der Waals surface area (Å²) in [5.41, 5.74) is 0. The number of aliphatic hydroxyl groups is 1. The van der Waals surface area contributed by atoms with Crippen LogP contribution in [-0.4, -0.2) is 36.2 Å². The molecule has 3 atom stereocenters. The van der Waals surface area contributed by atoms with Crippen LogP contribution in [-0.2, 0) is 4.79 Å². The number of carbonyl (C=O) groups excluding carboxylic acids is 1. The second kappa shape index (κ2) is 6.97. The Hall–Kier alpha value is -0.610. The maximum absolute atomic E-state index is 11.7.